The monoisotopic (exact) mass is 264 g/mol. The summed E-state index contributed by atoms with van der Waals surface area (Å²) in [5, 5.41) is 3.34. The molecular formula is C15H24N2O2. The molecule has 0 aliphatic rings. The van der Waals surface area contributed by atoms with E-state index in [1.54, 1.807) is 19.1 Å². The Balaban J connectivity index is 2.55. The summed E-state index contributed by atoms with van der Waals surface area (Å²) >= 11 is 0. The summed E-state index contributed by atoms with van der Waals surface area (Å²) in [5.74, 6) is 0.720. The zero-order valence-electron chi connectivity index (χ0n) is 12.0. The highest BCUT2D eigenvalue weighted by atomic mass is 16.5. The minimum absolute atomic E-state index is 0.281. The molecule has 1 aromatic carbocycles. The van der Waals surface area contributed by atoms with Gasteiger partial charge < -0.3 is 15.8 Å². The third-order valence-corrected chi connectivity index (χ3v) is 3.21. The van der Waals surface area contributed by atoms with Crippen LogP contribution in [-0.2, 0) is 4.74 Å². The van der Waals surface area contributed by atoms with Crippen molar-refractivity contribution in [2.24, 2.45) is 17.6 Å². The summed E-state index contributed by atoms with van der Waals surface area (Å²) in [6.45, 7) is 8.04. The van der Waals surface area contributed by atoms with Crippen molar-refractivity contribution in [1.29, 1.82) is 0 Å². The SMILES string of the molecule is CCOC(=O)c1ccc(NCC(CN)C(C)C)cc1. The van der Waals surface area contributed by atoms with Gasteiger partial charge in [0.05, 0.1) is 12.2 Å². The first-order valence-corrected chi connectivity index (χ1v) is 6.79. The number of rotatable bonds is 7. The third kappa shape index (κ3) is 4.91. The van der Waals surface area contributed by atoms with E-state index >= 15 is 0 Å². The number of anilines is 1. The second-order valence-electron chi connectivity index (χ2n) is 4.92. The van der Waals surface area contributed by atoms with E-state index in [4.69, 9.17) is 10.5 Å². The van der Waals surface area contributed by atoms with Crippen LogP contribution in [0.5, 0.6) is 0 Å². The number of hydrogen-bond donors (Lipinski definition) is 2. The van der Waals surface area contributed by atoms with Crippen molar-refractivity contribution in [1.82, 2.24) is 0 Å². The van der Waals surface area contributed by atoms with Gasteiger partial charge in [-0.25, -0.2) is 4.79 Å². The Morgan fingerprint density at radius 3 is 2.42 bits per heavy atom. The predicted octanol–water partition coefficient (Wildman–Crippen LogP) is 2.51. The molecule has 106 valence electrons. The van der Waals surface area contributed by atoms with Gasteiger partial charge in [0, 0.05) is 12.2 Å². The largest absolute Gasteiger partial charge is 0.462 e. The van der Waals surface area contributed by atoms with Crippen molar-refractivity contribution in [2.75, 3.05) is 25.0 Å². The lowest BCUT2D eigenvalue weighted by molar-refractivity contribution is 0.0526. The highest BCUT2D eigenvalue weighted by Gasteiger charge is 2.11. The summed E-state index contributed by atoms with van der Waals surface area (Å²) in [4.78, 5) is 11.5. The normalized spacial score (nSPS) is 12.3. The van der Waals surface area contributed by atoms with Crippen LogP contribution in [-0.4, -0.2) is 25.7 Å². The van der Waals surface area contributed by atoms with Crippen molar-refractivity contribution in [2.45, 2.75) is 20.8 Å². The van der Waals surface area contributed by atoms with Gasteiger partial charge in [0.25, 0.3) is 0 Å². The molecule has 0 bridgehead atoms. The molecule has 0 fully saturated rings. The number of carbonyl (C=O) groups excluding carboxylic acids is 1. The Kier molecular flexibility index (Phi) is 6.36. The predicted molar refractivity (Wildman–Crippen MR) is 78.3 cm³/mol. The van der Waals surface area contributed by atoms with E-state index in [2.05, 4.69) is 19.2 Å². The maximum atomic E-state index is 11.5. The molecule has 1 aromatic rings. The van der Waals surface area contributed by atoms with Gasteiger partial charge in [-0.05, 0) is 49.6 Å². The maximum absolute atomic E-state index is 11.5. The second-order valence-corrected chi connectivity index (χ2v) is 4.92. The average molecular weight is 264 g/mol. The van der Waals surface area contributed by atoms with Crippen LogP contribution in [0.1, 0.15) is 31.1 Å². The van der Waals surface area contributed by atoms with Gasteiger partial charge in [-0.2, -0.15) is 0 Å². The number of ether oxygens (including phenoxy) is 1. The van der Waals surface area contributed by atoms with Gasteiger partial charge in [-0.1, -0.05) is 13.8 Å². The first-order chi connectivity index (χ1) is 9.08. The fraction of sp³-hybridized carbons (Fsp3) is 0.533. The van der Waals surface area contributed by atoms with Crippen molar-refractivity contribution in [3.8, 4) is 0 Å². The van der Waals surface area contributed by atoms with Gasteiger partial charge >= 0.3 is 5.97 Å². The molecule has 0 spiro atoms. The first kappa shape index (κ1) is 15.5. The molecule has 0 aliphatic carbocycles. The van der Waals surface area contributed by atoms with E-state index in [-0.39, 0.29) is 5.97 Å². The highest BCUT2D eigenvalue weighted by Crippen LogP contribution is 2.14. The van der Waals surface area contributed by atoms with Crippen LogP contribution >= 0.6 is 0 Å². The molecule has 0 radical (unpaired) electrons. The minimum Gasteiger partial charge on any atom is -0.462 e. The number of hydrogen-bond acceptors (Lipinski definition) is 4. The topological polar surface area (TPSA) is 64.3 Å². The van der Waals surface area contributed by atoms with Gasteiger partial charge in [-0.3, -0.25) is 0 Å². The molecule has 0 amide bonds. The summed E-state index contributed by atoms with van der Waals surface area (Å²) in [7, 11) is 0. The van der Waals surface area contributed by atoms with E-state index in [0.29, 0.717) is 30.6 Å². The maximum Gasteiger partial charge on any atom is 0.338 e. The lowest BCUT2D eigenvalue weighted by Gasteiger charge is -2.20. The van der Waals surface area contributed by atoms with Crippen LogP contribution in [0, 0.1) is 11.8 Å². The van der Waals surface area contributed by atoms with Crippen molar-refractivity contribution in [3.05, 3.63) is 29.8 Å². The van der Waals surface area contributed by atoms with Crippen molar-refractivity contribution in [3.63, 3.8) is 0 Å². The fourth-order valence-corrected chi connectivity index (χ4v) is 1.78. The van der Waals surface area contributed by atoms with Crippen molar-refractivity contribution < 1.29 is 9.53 Å². The number of nitrogens with one attached hydrogen (secondary N) is 1. The van der Waals surface area contributed by atoms with Crippen molar-refractivity contribution >= 4 is 11.7 Å². The standard InChI is InChI=1S/C15H24N2O2/c1-4-19-15(18)12-5-7-14(8-6-12)17-10-13(9-16)11(2)3/h5-8,11,13,17H,4,9-10,16H2,1-3H3. The summed E-state index contributed by atoms with van der Waals surface area (Å²) in [5.41, 5.74) is 7.30. The van der Waals surface area contributed by atoms with Crippen LogP contribution in [0.15, 0.2) is 24.3 Å². The molecule has 4 nitrogen and oxygen atoms in total. The third-order valence-electron chi connectivity index (χ3n) is 3.21. The number of nitrogens with two attached hydrogens (primary N) is 1. The minimum atomic E-state index is -0.281. The average Bonchev–Trinajstić information content (AvgIpc) is 2.40. The summed E-state index contributed by atoms with van der Waals surface area (Å²) in [6, 6.07) is 7.32. The lowest BCUT2D eigenvalue weighted by Crippen LogP contribution is -2.27. The highest BCUT2D eigenvalue weighted by molar-refractivity contribution is 5.89. The van der Waals surface area contributed by atoms with Gasteiger partial charge in [0.2, 0.25) is 0 Å². The van der Waals surface area contributed by atoms with Crippen LogP contribution < -0.4 is 11.1 Å². The first-order valence-electron chi connectivity index (χ1n) is 6.79. The van der Waals surface area contributed by atoms with Crippen LogP contribution in [0.25, 0.3) is 0 Å². The van der Waals surface area contributed by atoms with E-state index in [9.17, 15) is 4.79 Å². The molecule has 19 heavy (non-hydrogen) atoms. The van der Waals surface area contributed by atoms with Crippen LogP contribution in [0.3, 0.4) is 0 Å². The quantitative estimate of drug-likeness (QED) is 0.743. The van der Waals surface area contributed by atoms with Crippen LogP contribution in [0.4, 0.5) is 5.69 Å². The van der Waals surface area contributed by atoms with E-state index < -0.39 is 0 Å². The van der Waals surface area contributed by atoms with Gasteiger partial charge in [0.15, 0.2) is 0 Å². The fourth-order valence-electron chi connectivity index (χ4n) is 1.78. The summed E-state index contributed by atoms with van der Waals surface area (Å²) < 4.78 is 4.94. The molecule has 0 heterocycles. The molecule has 0 aliphatic heterocycles. The van der Waals surface area contributed by atoms with Gasteiger partial charge in [-0.15, -0.1) is 0 Å². The molecule has 0 aromatic heterocycles. The van der Waals surface area contributed by atoms with E-state index in [1.165, 1.54) is 0 Å². The van der Waals surface area contributed by atoms with E-state index in [0.717, 1.165) is 12.2 Å². The molecule has 4 heteroatoms. The molecule has 1 atom stereocenters. The smallest absolute Gasteiger partial charge is 0.338 e. The van der Waals surface area contributed by atoms with Crippen LogP contribution in [0.2, 0.25) is 0 Å². The zero-order valence-corrected chi connectivity index (χ0v) is 12.0. The Hall–Kier alpha value is -1.55. The molecule has 1 rings (SSSR count). The Labute approximate surface area is 115 Å². The molecule has 1 unspecified atom stereocenters. The lowest BCUT2D eigenvalue weighted by atomic mass is 9.96. The Morgan fingerprint density at radius 2 is 1.95 bits per heavy atom. The number of esters is 1. The Morgan fingerprint density at radius 1 is 1.32 bits per heavy atom. The number of carbonyl (C=O) groups is 1. The van der Waals surface area contributed by atoms with Gasteiger partial charge in [0.1, 0.15) is 0 Å². The van der Waals surface area contributed by atoms with E-state index in [1.807, 2.05) is 12.1 Å². The summed E-state index contributed by atoms with van der Waals surface area (Å²) in [6.07, 6.45) is 0. The number of benzene rings is 1. The molecule has 3 N–H and O–H groups in total. The zero-order chi connectivity index (χ0) is 14.3. The second kappa shape index (κ2) is 7.79. The molecule has 0 saturated heterocycles. The molecule has 0 saturated carbocycles. The Bertz CT molecular complexity index is 388. The molecular weight excluding hydrogens is 240 g/mol.